The van der Waals surface area contributed by atoms with Crippen molar-refractivity contribution in [3.63, 3.8) is 0 Å². The van der Waals surface area contributed by atoms with E-state index in [2.05, 4.69) is 37.3 Å². The molecular weight excluding hydrogens is 244 g/mol. The highest BCUT2D eigenvalue weighted by Gasteiger charge is 2.17. The molecule has 2 bridgehead atoms. The maximum Gasteiger partial charge on any atom is 0.118 e. The zero-order valence-electron chi connectivity index (χ0n) is 12.4. The van der Waals surface area contributed by atoms with Crippen LogP contribution < -0.4 is 4.74 Å². The molecule has 0 radical (unpaired) electrons. The molecular formula is C19H22O. The monoisotopic (exact) mass is 266 g/mol. The Morgan fingerprint density at radius 1 is 1.15 bits per heavy atom. The molecule has 0 aromatic heterocycles. The minimum atomic E-state index is 0.541. The van der Waals surface area contributed by atoms with E-state index < -0.39 is 0 Å². The van der Waals surface area contributed by atoms with Crippen molar-refractivity contribution in [3.8, 4) is 5.75 Å². The molecule has 0 spiro atoms. The van der Waals surface area contributed by atoms with Gasteiger partial charge in [0.05, 0.1) is 7.11 Å². The number of hydrogen-bond acceptors (Lipinski definition) is 1. The van der Waals surface area contributed by atoms with Crippen molar-refractivity contribution < 1.29 is 4.74 Å². The van der Waals surface area contributed by atoms with E-state index in [0.717, 1.165) is 12.2 Å². The summed E-state index contributed by atoms with van der Waals surface area (Å²) in [6.07, 6.45) is 12.2. The van der Waals surface area contributed by atoms with Gasteiger partial charge in [-0.1, -0.05) is 48.4 Å². The zero-order chi connectivity index (χ0) is 13.9. The number of ether oxygens (including phenoxy) is 1. The summed E-state index contributed by atoms with van der Waals surface area (Å²) in [6.45, 7) is 2.32. The molecule has 1 aromatic rings. The van der Waals surface area contributed by atoms with Crippen LogP contribution in [0.2, 0.25) is 0 Å². The Morgan fingerprint density at radius 3 is 2.70 bits per heavy atom. The first-order valence-electron chi connectivity index (χ1n) is 7.51. The van der Waals surface area contributed by atoms with E-state index in [1.165, 1.54) is 30.4 Å². The van der Waals surface area contributed by atoms with E-state index >= 15 is 0 Å². The molecule has 0 saturated carbocycles. The van der Waals surface area contributed by atoms with Gasteiger partial charge in [0.15, 0.2) is 0 Å². The highest BCUT2D eigenvalue weighted by molar-refractivity contribution is 5.76. The summed E-state index contributed by atoms with van der Waals surface area (Å²) >= 11 is 0. The summed E-state index contributed by atoms with van der Waals surface area (Å²) in [7, 11) is 1.71. The highest BCUT2D eigenvalue weighted by Crippen LogP contribution is 2.35. The molecule has 1 atom stereocenters. The fourth-order valence-electron chi connectivity index (χ4n) is 3.12. The van der Waals surface area contributed by atoms with E-state index in [-0.39, 0.29) is 0 Å². The number of allylic oxidation sites excluding steroid dienone is 6. The number of methoxy groups -OCH3 is 1. The van der Waals surface area contributed by atoms with E-state index in [0.29, 0.717) is 5.92 Å². The lowest BCUT2D eigenvalue weighted by molar-refractivity contribution is 0.415. The van der Waals surface area contributed by atoms with Crippen LogP contribution in [-0.4, -0.2) is 7.11 Å². The molecule has 1 heteroatoms. The summed E-state index contributed by atoms with van der Waals surface area (Å²) in [5, 5.41) is 0. The van der Waals surface area contributed by atoms with Gasteiger partial charge in [-0.05, 0) is 54.9 Å². The van der Waals surface area contributed by atoms with E-state index in [4.69, 9.17) is 4.74 Å². The number of fused-ring (bicyclic) bond motifs is 2. The molecule has 0 fully saturated rings. The van der Waals surface area contributed by atoms with Gasteiger partial charge in [0.1, 0.15) is 5.75 Å². The third kappa shape index (κ3) is 2.72. The van der Waals surface area contributed by atoms with Crippen LogP contribution in [0, 0.1) is 5.92 Å². The van der Waals surface area contributed by atoms with Crippen LogP contribution in [0.3, 0.4) is 0 Å². The Balaban J connectivity index is 1.98. The molecule has 0 aliphatic heterocycles. The smallest absolute Gasteiger partial charge is 0.118 e. The molecule has 20 heavy (non-hydrogen) atoms. The van der Waals surface area contributed by atoms with Gasteiger partial charge >= 0.3 is 0 Å². The first-order valence-corrected chi connectivity index (χ1v) is 7.51. The molecule has 1 nitrogen and oxygen atoms in total. The van der Waals surface area contributed by atoms with Gasteiger partial charge in [0.2, 0.25) is 0 Å². The summed E-state index contributed by atoms with van der Waals surface area (Å²) in [5.74, 6) is 1.46. The van der Waals surface area contributed by atoms with Gasteiger partial charge in [0.25, 0.3) is 0 Å². The second-order valence-corrected chi connectivity index (χ2v) is 5.79. The molecule has 104 valence electrons. The fraction of sp³-hybridized carbons (Fsp3) is 0.368. The Kier molecular flexibility index (Phi) is 3.77. The van der Waals surface area contributed by atoms with Crippen LogP contribution in [0.25, 0.3) is 5.57 Å². The van der Waals surface area contributed by atoms with Crippen molar-refractivity contribution in [1.82, 2.24) is 0 Å². The Morgan fingerprint density at radius 2 is 1.95 bits per heavy atom. The molecule has 0 heterocycles. The molecule has 0 N–H and O–H groups in total. The zero-order valence-corrected chi connectivity index (χ0v) is 12.4. The Labute approximate surface area is 121 Å². The molecule has 1 aromatic carbocycles. The Hall–Kier alpha value is -1.76. The van der Waals surface area contributed by atoms with Crippen molar-refractivity contribution in [2.24, 2.45) is 5.92 Å². The third-order valence-electron chi connectivity index (χ3n) is 4.34. The lowest BCUT2D eigenvalue weighted by Gasteiger charge is -2.10. The van der Waals surface area contributed by atoms with Crippen LogP contribution in [0.4, 0.5) is 0 Å². The van der Waals surface area contributed by atoms with Crippen molar-refractivity contribution in [2.75, 3.05) is 7.11 Å². The Bertz CT molecular complexity index is 572. The molecule has 2 aliphatic carbocycles. The minimum absolute atomic E-state index is 0.541. The second kappa shape index (κ2) is 5.70. The van der Waals surface area contributed by atoms with Crippen molar-refractivity contribution in [2.45, 2.75) is 32.6 Å². The van der Waals surface area contributed by atoms with Gasteiger partial charge in [-0.2, -0.15) is 0 Å². The fourth-order valence-corrected chi connectivity index (χ4v) is 3.12. The first-order chi connectivity index (χ1) is 9.76. The van der Waals surface area contributed by atoms with Crippen LogP contribution in [0.1, 0.15) is 38.2 Å². The number of hydrogen-bond donors (Lipinski definition) is 0. The molecule has 0 saturated heterocycles. The summed E-state index contributed by atoms with van der Waals surface area (Å²) in [6, 6.07) is 8.40. The van der Waals surface area contributed by atoms with Gasteiger partial charge in [-0.25, -0.2) is 0 Å². The average molecular weight is 266 g/mol. The second-order valence-electron chi connectivity index (χ2n) is 5.79. The van der Waals surface area contributed by atoms with E-state index in [1.807, 2.05) is 12.1 Å². The first kappa shape index (κ1) is 13.2. The van der Waals surface area contributed by atoms with Crippen LogP contribution in [-0.2, 0) is 0 Å². The topological polar surface area (TPSA) is 9.23 Å². The molecule has 0 amide bonds. The largest absolute Gasteiger partial charge is 0.497 e. The van der Waals surface area contributed by atoms with Gasteiger partial charge in [-0.3, -0.25) is 0 Å². The van der Waals surface area contributed by atoms with Crippen molar-refractivity contribution in [3.05, 3.63) is 59.2 Å². The standard InChI is InChI=1S/C19H22O/c1-14-11-18(16-7-9-19(20-2)10-8-16)13-15-5-3-4-6-17(14)12-15/h6-11,13-14H,3-5,12H2,1-2H3/t14-/m1/s1. The lowest BCUT2D eigenvalue weighted by Crippen LogP contribution is -1.95. The van der Waals surface area contributed by atoms with Gasteiger partial charge in [0, 0.05) is 0 Å². The highest BCUT2D eigenvalue weighted by atomic mass is 16.5. The predicted molar refractivity (Wildman–Crippen MR) is 84.8 cm³/mol. The van der Waals surface area contributed by atoms with Crippen molar-refractivity contribution >= 4 is 5.57 Å². The van der Waals surface area contributed by atoms with E-state index in [1.54, 1.807) is 18.3 Å². The number of rotatable bonds is 2. The maximum atomic E-state index is 5.24. The molecule has 3 rings (SSSR count). The van der Waals surface area contributed by atoms with E-state index in [9.17, 15) is 0 Å². The average Bonchev–Trinajstić information content (AvgIpc) is 2.80. The maximum absolute atomic E-state index is 5.24. The quantitative estimate of drug-likeness (QED) is 0.672. The van der Waals surface area contributed by atoms with Gasteiger partial charge < -0.3 is 4.74 Å². The summed E-state index contributed by atoms with van der Waals surface area (Å²) < 4.78 is 5.24. The van der Waals surface area contributed by atoms with Crippen molar-refractivity contribution in [1.29, 1.82) is 0 Å². The summed E-state index contributed by atoms with van der Waals surface area (Å²) in [5.41, 5.74) is 5.83. The third-order valence-corrected chi connectivity index (χ3v) is 4.34. The normalized spacial score (nSPS) is 22.1. The lowest BCUT2D eigenvalue weighted by atomic mass is 9.95. The van der Waals surface area contributed by atoms with Crippen LogP contribution >= 0.6 is 0 Å². The summed E-state index contributed by atoms with van der Waals surface area (Å²) in [4.78, 5) is 0. The SMILES string of the molecule is COc1ccc(C2=C[C@@H](C)C3=CCCCC(=C2)C3)cc1. The molecule has 2 aliphatic rings. The number of benzene rings is 1. The van der Waals surface area contributed by atoms with Crippen LogP contribution in [0.5, 0.6) is 5.75 Å². The molecule has 0 unspecified atom stereocenters. The minimum Gasteiger partial charge on any atom is -0.497 e. The van der Waals surface area contributed by atoms with Gasteiger partial charge in [-0.15, -0.1) is 0 Å². The van der Waals surface area contributed by atoms with Crippen LogP contribution in [0.15, 0.2) is 53.6 Å². The predicted octanol–water partition coefficient (Wildman–Crippen LogP) is 5.16.